The highest BCUT2D eigenvalue weighted by atomic mass is 16.4. The lowest BCUT2D eigenvalue weighted by atomic mass is 9.82. The van der Waals surface area contributed by atoms with Crippen LogP contribution in [0.3, 0.4) is 0 Å². The number of nitrogens with zero attached hydrogens (tertiary/aromatic N) is 1. The van der Waals surface area contributed by atoms with Gasteiger partial charge >= 0.3 is 5.97 Å². The fraction of sp³-hybridized carbons (Fsp3) is 0.455. The number of aromatic nitrogens is 1. The maximum Gasteiger partial charge on any atom is 0.339 e. The van der Waals surface area contributed by atoms with Crippen molar-refractivity contribution in [1.29, 1.82) is 0 Å². The molecule has 3 N–H and O–H groups in total. The van der Waals surface area contributed by atoms with Gasteiger partial charge in [0, 0.05) is 18.9 Å². The van der Waals surface area contributed by atoms with Crippen LogP contribution >= 0.6 is 0 Å². The predicted octanol–water partition coefficient (Wildman–Crippen LogP) is 0.963. The molecule has 2 rings (SSSR count). The van der Waals surface area contributed by atoms with Crippen LogP contribution in [-0.4, -0.2) is 33.8 Å². The van der Waals surface area contributed by atoms with Gasteiger partial charge in [-0.15, -0.1) is 0 Å². The van der Waals surface area contributed by atoms with Crippen LogP contribution in [0.15, 0.2) is 18.5 Å². The van der Waals surface area contributed by atoms with Gasteiger partial charge in [-0.25, -0.2) is 4.79 Å². The van der Waals surface area contributed by atoms with Gasteiger partial charge in [-0.05, 0) is 24.8 Å². The summed E-state index contributed by atoms with van der Waals surface area (Å²) in [4.78, 5) is 14.7. The molecule has 0 bridgehead atoms. The number of carboxylic acids is 1. The standard InChI is InChI=1S/C11H14N2O3/c14-8-3-7(4-8)5-13-10-1-2-12-6-9(10)11(15)16/h1-2,6-8,14H,3-5H2,(H,12,13)(H,15,16). The molecule has 0 radical (unpaired) electrons. The molecular weight excluding hydrogens is 208 g/mol. The predicted molar refractivity (Wildman–Crippen MR) is 58.4 cm³/mol. The monoisotopic (exact) mass is 222 g/mol. The van der Waals surface area contributed by atoms with Gasteiger partial charge in [0.05, 0.1) is 11.8 Å². The van der Waals surface area contributed by atoms with Crippen molar-refractivity contribution in [3.05, 3.63) is 24.0 Å². The maximum absolute atomic E-state index is 10.9. The third-order valence-electron chi connectivity index (χ3n) is 2.84. The molecule has 86 valence electrons. The smallest absolute Gasteiger partial charge is 0.339 e. The first kappa shape index (κ1) is 10.9. The van der Waals surface area contributed by atoms with Crippen LogP contribution < -0.4 is 5.32 Å². The van der Waals surface area contributed by atoms with Crippen molar-refractivity contribution in [2.75, 3.05) is 11.9 Å². The summed E-state index contributed by atoms with van der Waals surface area (Å²) in [6.45, 7) is 0.696. The van der Waals surface area contributed by atoms with Crippen molar-refractivity contribution in [3.63, 3.8) is 0 Å². The van der Waals surface area contributed by atoms with E-state index in [0.29, 0.717) is 18.2 Å². The molecule has 0 saturated heterocycles. The van der Waals surface area contributed by atoms with E-state index >= 15 is 0 Å². The number of aromatic carboxylic acids is 1. The Morgan fingerprint density at radius 2 is 2.31 bits per heavy atom. The summed E-state index contributed by atoms with van der Waals surface area (Å²) < 4.78 is 0. The second kappa shape index (κ2) is 4.49. The van der Waals surface area contributed by atoms with Crippen molar-refractivity contribution >= 4 is 11.7 Å². The molecule has 0 amide bonds. The van der Waals surface area contributed by atoms with E-state index < -0.39 is 5.97 Å². The van der Waals surface area contributed by atoms with Crippen molar-refractivity contribution in [2.24, 2.45) is 5.92 Å². The highest BCUT2D eigenvalue weighted by molar-refractivity contribution is 5.93. The van der Waals surface area contributed by atoms with Crippen molar-refractivity contribution in [2.45, 2.75) is 18.9 Å². The molecule has 5 heteroatoms. The first-order chi connectivity index (χ1) is 7.66. The molecule has 1 aliphatic rings. The molecule has 0 aliphatic heterocycles. The minimum absolute atomic E-state index is 0.178. The summed E-state index contributed by atoms with van der Waals surface area (Å²) >= 11 is 0. The van der Waals surface area contributed by atoms with Crippen LogP contribution in [0, 0.1) is 5.92 Å². The zero-order chi connectivity index (χ0) is 11.5. The average Bonchev–Trinajstić information content (AvgIpc) is 2.23. The third kappa shape index (κ3) is 2.30. The Morgan fingerprint density at radius 3 is 2.94 bits per heavy atom. The van der Waals surface area contributed by atoms with Gasteiger partial charge in [-0.1, -0.05) is 0 Å². The number of anilines is 1. The second-order valence-corrected chi connectivity index (χ2v) is 4.10. The number of aliphatic hydroxyl groups is 1. The molecule has 0 unspecified atom stereocenters. The van der Waals surface area contributed by atoms with Gasteiger partial charge in [-0.3, -0.25) is 4.98 Å². The van der Waals surface area contributed by atoms with Gasteiger partial charge in [0.1, 0.15) is 5.56 Å². The zero-order valence-electron chi connectivity index (χ0n) is 8.76. The summed E-state index contributed by atoms with van der Waals surface area (Å²) in [6.07, 6.45) is 4.30. The molecular formula is C11H14N2O3. The summed E-state index contributed by atoms with van der Waals surface area (Å²) in [5.41, 5.74) is 0.770. The number of aliphatic hydroxyl groups excluding tert-OH is 1. The van der Waals surface area contributed by atoms with Gasteiger partial charge < -0.3 is 15.5 Å². The van der Waals surface area contributed by atoms with Crippen LogP contribution in [0.5, 0.6) is 0 Å². The number of carboxylic acid groups (broad SMARTS) is 1. The quantitative estimate of drug-likeness (QED) is 0.707. The van der Waals surface area contributed by atoms with E-state index in [4.69, 9.17) is 10.2 Å². The number of pyridine rings is 1. The lowest BCUT2D eigenvalue weighted by Gasteiger charge is -2.31. The number of hydrogen-bond donors (Lipinski definition) is 3. The minimum atomic E-state index is -0.982. The van der Waals surface area contributed by atoms with Gasteiger partial charge in [0.15, 0.2) is 0 Å². The van der Waals surface area contributed by atoms with E-state index in [2.05, 4.69) is 10.3 Å². The average molecular weight is 222 g/mol. The second-order valence-electron chi connectivity index (χ2n) is 4.10. The van der Waals surface area contributed by atoms with Crippen molar-refractivity contribution < 1.29 is 15.0 Å². The largest absolute Gasteiger partial charge is 0.478 e. The highest BCUT2D eigenvalue weighted by Gasteiger charge is 2.26. The Balaban J connectivity index is 1.95. The van der Waals surface area contributed by atoms with E-state index in [9.17, 15) is 4.79 Å². The third-order valence-corrected chi connectivity index (χ3v) is 2.84. The lowest BCUT2D eigenvalue weighted by molar-refractivity contribution is 0.0486. The van der Waals surface area contributed by atoms with Gasteiger partial charge in [0.25, 0.3) is 0 Å². The normalized spacial score (nSPS) is 23.6. The van der Waals surface area contributed by atoms with E-state index in [1.54, 1.807) is 12.3 Å². The molecule has 0 aromatic carbocycles. The molecule has 1 fully saturated rings. The number of nitrogens with one attached hydrogen (secondary N) is 1. The molecule has 16 heavy (non-hydrogen) atoms. The molecule has 1 aromatic rings. The SMILES string of the molecule is O=C(O)c1cnccc1NCC1CC(O)C1. The first-order valence-electron chi connectivity index (χ1n) is 5.26. The Hall–Kier alpha value is -1.62. The Morgan fingerprint density at radius 1 is 1.56 bits per heavy atom. The molecule has 0 spiro atoms. The molecule has 1 saturated carbocycles. The minimum Gasteiger partial charge on any atom is -0.478 e. The van der Waals surface area contributed by atoms with Crippen molar-refractivity contribution in [3.8, 4) is 0 Å². The highest BCUT2D eigenvalue weighted by Crippen LogP contribution is 2.27. The summed E-state index contributed by atoms with van der Waals surface area (Å²) in [6, 6.07) is 1.65. The Labute approximate surface area is 93.1 Å². The van der Waals surface area contributed by atoms with E-state index in [1.165, 1.54) is 6.20 Å². The van der Waals surface area contributed by atoms with Crippen LogP contribution in [0.4, 0.5) is 5.69 Å². The first-order valence-corrected chi connectivity index (χ1v) is 5.26. The van der Waals surface area contributed by atoms with E-state index in [-0.39, 0.29) is 11.7 Å². The van der Waals surface area contributed by atoms with Gasteiger partial charge in [0.2, 0.25) is 0 Å². The molecule has 1 aliphatic carbocycles. The molecule has 0 atom stereocenters. The molecule has 5 nitrogen and oxygen atoms in total. The Kier molecular flexibility index (Phi) is 3.05. The van der Waals surface area contributed by atoms with E-state index in [0.717, 1.165) is 12.8 Å². The Bertz CT molecular complexity index is 389. The van der Waals surface area contributed by atoms with Crippen LogP contribution in [-0.2, 0) is 0 Å². The number of rotatable bonds is 4. The molecule has 1 aromatic heterocycles. The fourth-order valence-corrected chi connectivity index (χ4v) is 1.84. The summed E-state index contributed by atoms with van der Waals surface area (Å²) in [5, 5.41) is 21.1. The maximum atomic E-state index is 10.9. The summed E-state index contributed by atoms with van der Waals surface area (Å²) in [7, 11) is 0. The van der Waals surface area contributed by atoms with Crippen molar-refractivity contribution in [1.82, 2.24) is 4.98 Å². The molecule has 1 heterocycles. The number of hydrogen-bond acceptors (Lipinski definition) is 4. The lowest BCUT2D eigenvalue weighted by Crippen LogP contribution is -2.33. The summed E-state index contributed by atoms with van der Waals surface area (Å²) in [5.74, 6) is -0.547. The number of carbonyl (C=O) groups is 1. The zero-order valence-corrected chi connectivity index (χ0v) is 8.76. The fourth-order valence-electron chi connectivity index (χ4n) is 1.84. The van der Waals surface area contributed by atoms with Crippen LogP contribution in [0.1, 0.15) is 23.2 Å². The topological polar surface area (TPSA) is 82.5 Å². The van der Waals surface area contributed by atoms with E-state index in [1.807, 2.05) is 0 Å². The van der Waals surface area contributed by atoms with Crippen LogP contribution in [0.2, 0.25) is 0 Å². The van der Waals surface area contributed by atoms with Gasteiger partial charge in [-0.2, -0.15) is 0 Å². The van der Waals surface area contributed by atoms with Crippen LogP contribution in [0.25, 0.3) is 0 Å².